The van der Waals surface area contributed by atoms with E-state index >= 15 is 0 Å². The fraction of sp³-hybridized carbons (Fsp3) is 0.333. The topological polar surface area (TPSA) is 86.8 Å². The molecule has 0 bridgehead atoms. The molecule has 0 aliphatic carbocycles. The fourth-order valence-electron chi connectivity index (χ4n) is 4.30. The predicted octanol–water partition coefficient (Wildman–Crippen LogP) is 4.75. The quantitative estimate of drug-likeness (QED) is 0.406. The molecule has 3 aromatic carbocycles. The Labute approximate surface area is 226 Å². The molecule has 0 heterocycles. The molecule has 1 unspecified atom stereocenters. The Morgan fingerprint density at radius 3 is 2.00 bits per heavy atom. The molecule has 38 heavy (non-hydrogen) atoms. The van der Waals surface area contributed by atoms with Crippen LogP contribution in [-0.2, 0) is 26.2 Å². The summed E-state index contributed by atoms with van der Waals surface area (Å²) in [5, 5.41) is 2.87. The number of carbonyl (C=O) groups excluding carboxylic acids is 2. The molecule has 8 heteroatoms. The first-order valence-corrected chi connectivity index (χ1v) is 14.1. The minimum atomic E-state index is -4.08. The number of nitrogens with one attached hydrogen (secondary N) is 1. The summed E-state index contributed by atoms with van der Waals surface area (Å²) in [5.74, 6) is -0.774. The van der Waals surface area contributed by atoms with Gasteiger partial charge in [-0.25, -0.2) is 8.42 Å². The molecule has 202 valence electrons. The number of aryl methyl sites for hydroxylation is 3. The molecule has 0 saturated heterocycles. The van der Waals surface area contributed by atoms with Crippen molar-refractivity contribution in [2.45, 2.75) is 65.1 Å². The zero-order valence-corrected chi connectivity index (χ0v) is 23.7. The van der Waals surface area contributed by atoms with Crippen molar-refractivity contribution in [1.29, 1.82) is 0 Å². The van der Waals surface area contributed by atoms with Gasteiger partial charge >= 0.3 is 0 Å². The predicted molar refractivity (Wildman–Crippen MR) is 151 cm³/mol. The van der Waals surface area contributed by atoms with Crippen molar-refractivity contribution in [2.24, 2.45) is 0 Å². The third kappa shape index (κ3) is 7.01. The first-order valence-electron chi connectivity index (χ1n) is 12.7. The molecule has 0 radical (unpaired) electrons. The van der Waals surface area contributed by atoms with E-state index in [2.05, 4.69) is 5.32 Å². The van der Waals surface area contributed by atoms with Crippen LogP contribution in [0.2, 0.25) is 0 Å². The maximum atomic E-state index is 14.0. The molecule has 2 amide bonds. The second-order valence-corrected chi connectivity index (χ2v) is 11.8. The maximum Gasteiger partial charge on any atom is 0.264 e. The van der Waals surface area contributed by atoms with Crippen molar-refractivity contribution < 1.29 is 18.0 Å². The highest BCUT2D eigenvalue weighted by Gasteiger charge is 2.33. The minimum absolute atomic E-state index is 0.0861. The second kappa shape index (κ2) is 12.3. The van der Waals surface area contributed by atoms with Crippen LogP contribution in [0, 0.1) is 20.8 Å². The van der Waals surface area contributed by atoms with Crippen LogP contribution >= 0.6 is 0 Å². The molecular weight excluding hydrogens is 498 g/mol. The van der Waals surface area contributed by atoms with Crippen LogP contribution < -0.4 is 9.62 Å². The number of rotatable bonds is 10. The number of benzene rings is 3. The van der Waals surface area contributed by atoms with E-state index in [1.54, 1.807) is 37.3 Å². The lowest BCUT2D eigenvalue weighted by Crippen LogP contribution is -2.52. The van der Waals surface area contributed by atoms with Gasteiger partial charge in [-0.05, 0) is 88.1 Å². The standard InChI is InChI=1S/C30H37N3O4S/c1-21(2)31-30(35)25(6)32(19-26-13-11-10-12-24(26)5)29(34)20-33(27-17-22(3)16-23(4)18-27)38(36,37)28-14-8-7-9-15-28/h7-18,21,25H,19-20H2,1-6H3,(H,31,35). The molecule has 0 fully saturated rings. The summed E-state index contributed by atoms with van der Waals surface area (Å²) >= 11 is 0. The SMILES string of the molecule is Cc1cc(C)cc(N(CC(=O)N(Cc2ccccc2C)C(C)C(=O)NC(C)C)S(=O)(=O)c2ccccc2)c1. The van der Waals surface area contributed by atoms with Crippen LogP contribution in [0.5, 0.6) is 0 Å². The Kier molecular flexibility index (Phi) is 9.33. The highest BCUT2D eigenvalue weighted by molar-refractivity contribution is 7.92. The van der Waals surface area contributed by atoms with Crippen molar-refractivity contribution in [1.82, 2.24) is 10.2 Å². The number of hydrogen-bond acceptors (Lipinski definition) is 4. The number of carbonyl (C=O) groups is 2. The third-order valence-electron chi connectivity index (χ3n) is 6.30. The van der Waals surface area contributed by atoms with Gasteiger partial charge in [0.1, 0.15) is 12.6 Å². The van der Waals surface area contributed by atoms with Crippen LogP contribution in [0.25, 0.3) is 0 Å². The molecule has 7 nitrogen and oxygen atoms in total. The molecule has 0 aliphatic rings. The van der Waals surface area contributed by atoms with E-state index in [4.69, 9.17) is 0 Å². The van der Waals surface area contributed by atoms with Gasteiger partial charge in [-0.1, -0.05) is 48.5 Å². The number of nitrogens with zero attached hydrogens (tertiary/aromatic N) is 2. The largest absolute Gasteiger partial charge is 0.352 e. The van der Waals surface area contributed by atoms with Gasteiger partial charge in [0.05, 0.1) is 10.6 Å². The summed E-state index contributed by atoms with van der Waals surface area (Å²) in [7, 11) is -4.08. The summed E-state index contributed by atoms with van der Waals surface area (Å²) in [6.07, 6.45) is 0. The van der Waals surface area contributed by atoms with Crippen molar-refractivity contribution in [2.75, 3.05) is 10.8 Å². The molecule has 0 aromatic heterocycles. The van der Waals surface area contributed by atoms with Crippen molar-refractivity contribution in [3.63, 3.8) is 0 Å². The maximum absolute atomic E-state index is 14.0. The minimum Gasteiger partial charge on any atom is -0.352 e. The summed E-state index contributed by atoms with van der Waals surface area (Å²) in [6.45, 7) is 10.8. The fourth-order valence-corrected chi connectivity index (χ4v) is 5.72. The van der Waals surface area contributed by atoms with E-state index in [0.717, 1.165) is 26.6 Å². The highest BCUT2D eigenvalue weighted by Crippen LogP contribution is 2.26. The van der Waals surface area contributed by atoms with Crippen LogP contribution in [0.3, 0.4) is 0 Å². The van der Waals surface area contributed by atoms with Gasteiger partial charge in [-0.15, -0.1) is 0 Å². The summed E-state index contributed by atoms with van der Waals surface area (Å²) in [5.41, 5.74) is 4.01. The molecule has 1 N–H and O–H groups in total. The van der Waals surface area contributed by atoms with Gasteiger partial charge in [-0.3, -0.25) is 13.9 Å². The number of sulfonamides is 1. The van der Waals surface area contributed by atoms with E-state index in [1.807, 2.05) is 65.0 Å². The van der Waals surface area contributed by atoms with Crippen LogP contribution in [0.15, 0.2) is 77.7 Å². The zero-order valence-electron chi connectivity index (χ0n) is 22.9. The highest BCUT2D eigenvalue weighted by atomic mass is 32.2. The molecule has 3 rings (SSSR count). The molecule has 0 spiro atoms. The smallest absolute Gasteiger partial charge is 0.264 e. The first kappa shape index (κ1) is 28.9. The van der Waals surface area contributed by atoms with E-state index in [-0.39, 0.29) is 23.4 Å². The van der Waals surface area contributed by atoms with E-state index in [0.29, 0.717) is 5.69 Å². The van der Waals surface area contributed by atoms with Crippen LogP contribution in [0.4, 0.5) is 5.69 Å². The Morgan fingerprint density at radius 1 is 0.842 bits per heavy atom. The Morgan fingerprint density at radius 2 is 1.42 bits per heavy atom. The number of hydrogen-bond donors (Lipinski definition) is 1. The Hall–Kier alpha value is -3.65. The average Bonchev–Trinajstić information content (AvgIpc) is 2.85. The van der Waals surface area contributed by atoms with Gasteiger partial charge < -0.3 is 10.2 Å². The van der Waals surface area contributed by atoms with Crippen molar-refractivity contribution in [3.8, 4) is 0 Å². The van der Waals surface area contributed by atoms with Gasteiger partial charge in [0, 0.05) is 12.6 Å². The monoisotopic (exact) mass is 535 g/mol. The van der Waals surface area contributed by atoms with Crippen molar-refractivity contribution >= 4 is 27.5 Å². The number of anilines is 1. The molecule has 1 atom stereocenters. The molecular formula is C30H37N3O4S. The normalized spacial score (nSPS) is 12.2. The average molecular weight is 536 g/mol. The van der Waals surface area contributed by atoms with E-state index in [1.165, 1.54) is 17.0 Å². The summed E-state index contributed by atoms with van der Waals surface area (Å²) in [4.78, 5) is 28.5. The number of amides is 2. The second-order valence-electron chi connectivity index (χ2n) is 9.96. The lowest BCUT2D eigenvalue weighted by Gasteiger charge is -2.32. The van der Waals surface area contributed by atoms with Crippen molar-refractivity contribution in [3.05, 3.63) is 95.1 Å². The van der Waals surface area contributed by atoms with Gasteiger partial charge in [0.25, 0.3) is 10.0 Å². The summed E-state index contributed by atoms with van der Waals surface area (Å²) < 4.78 is 28.8. The van der Waals surface area contributed by atoms with Gasteiger partial charge in [-0.2, -0.15) is 0 Å². The molecule has 3 aromatic rings. The molecule has 0 saturated carbocycles. The van der Waals surface area contributed by atoms with E-state index < -0.39 is 28.5 Å². The Bertz CT molecular complexity index is 1370. The van der Waals surface area contributed by atoms with Gasteiger partial charge in [0.15, 0.2) is 0 Å². The zero-order chi connectivity index (χ0) is 28.0. The summed E-state index contributed by atoms with van der Waals surface area (Å²) in [6, 6.07) is 20.2. The van der Waals surface area contributed by atoms with Crippen LogP contribution in [0.1, 0.15) is 43.0 Å². The Balaban J connectivity index is 2.07. The lowest BCUT2D eigenvalue weighted by atomic mass is 10.1. The van der Waals surface area contributed by atoms with Gasteiger partial charge in [0.2, 0.25) is 11.8 Å². The van der Waals surface area contributed by atoms with Crippen LogP contribution in [-0.4, -0.2) is 43.8 Å². The van der Waals surface area contributed by atoms with E-state index in [9.17, 15) is 18.0 Å². The first-order chi connectivity index (χ1) is 17.9. The molecule has 0 aliphatic heterocycles. The third-order valence-corrected chi connectivity index (χ3v) is 8.09. The lowest BCUT2D eigenvalue weighted by molar-refractivity contribution is -0.139.